The lowest BCUT2D eigenvalue weighted by atomic mass is 9.99. The fourth-order valence-electron chi connectivity index (χ4n) is 1.86. The number of halogens is 4. The van der Waals surface area contributed by atoms with Crippen molar-refractivity contribution < 1.29 is 13.2 Å². The van der Waals surface area contributed by atoms with Crippen molar-refractivity contribution in [3.8, 4) is 0 Å². The van der Waals surface area contributed by atoms with E-state index in [1.807, 2.05) is 0 Å². The lowest BCUT2D eigenvalue weighted by molar-refractivity contribution is 0.553. The van der Waals surface area contributed by atoms with Crippen molar-refractivity contribution in [2.75, 3.05) is 0 Å². The largest absolute Gasteiger partial charge is 0.324 e. The molecule has 0 bridgehead atoms. The van der Waals surface area contributed by atoms with Crippen molar-refractivity contribution in [2.45, 2.75) is 12.5 Å². The summed E-state index contributed by atoms with van der Waals surface area (Å²) in [5, 5.41) is -0.0273. The van der Waals surface area contributed by atoms with Crippen molar-refractivity contribution >= 4 is 11.6 Å². The Morgan fingerprint density at radius 2 is 1.79 bits per heavy atom. The van der Waals surface area contributed by atoms with Gasteiger partial charge in [0.15, 0.2) is 0 Å². The molecule has 19 heavy (non-hydrogen) atoms. The van der Waals surface area contributed by atoms with E-state index in [1.54, 1.807) is 6.07 Å². The number of hydrogen-bond donors (Lipinski definition) is 1. The summed E-state index contributed by atoms with van der Waals surface area (Å²) in [5.41, 5.74) is 6.51. The quantitative estimate of drug-likeness (QED) is 0.906. The molecule has 0 amide bonds. The van der Waals surface area contributed by atoms with Crippen molar-refractivity contribution in [1.82, 2.24) is 0 Å². The van der Waals surface area contributed by atoms with Crippen LogP contribution in [0.25, 0.3) is 0 Å². The van der Waals surface area contributed by atoms with Crippen LogP contribution in [0, 0.1) is 17.5 Å². The molecule has 0 saturated carbocycles. The van der Waals surface area contributed by atoms with Gasteiger partial charge in [-0.05, 0) is 24.1 Å². The summed E-state index contributed by atoms with van der Waals surface area (Å²) < 4.78 is 39.6. The van der Waals surface area contributed by atoms with E-state index in [0.29, 0.717) is 5.56 Å². The summed E-state index contributed by atoms with van der Waals surface area (Å²) in [7, 11) is 0. The molecule has 2 N–H and O–H groups in total. The standard InChI is InChI=1S/C14H11ClF3N/c15-14-8(2-1-3-11(14)17)6-13(19)10-5-4-9(16)7-12(10)18/h1-5,7,13H,6,19H2. The van der Waals surface area contributed by atoms with Gasteiger partial charge in [-0.15, -0.1) is 0 Å². The molecular formula is C14H11ClF3N. The normalized spacial score (nSPS) is 12.5. The van der Waals surface area contributed by atoms with E-state index in [0.717, 1.165) is 12.1 Å². The molecule has 1 atom stereocenters. The Bertz CT molecular complexity index is 601. The molecule has 1 unspecified atom stereocenters. The lowest BCUT2D eigenvalue weighted by Crippen LogP contribution is -2.15. The highest BCUT2D eigenvalue weighted by molar-refractivity contribution is 6.31. The Balaban J connectivity index is 2.25. The third-order valence-corrected chi connectivity index (χ3v) is 3.26. The van der Waals surface area contributed by atoms with Gasteiger partial charge in [0.05, 0.1) is 5.02 Å². The molecular weight excluding hydrogens is 275 g/mol. The third kappa shape index (κ3) is 3.08. The number of hydrogen-bond acceptors (Lipinski definition) is 1. The van der Waals surface area contributed by atoms with E-state index in [2.05, 4.69) is 0 Å². The number of nitrogens with two attached hydrogens (primary N) is 1. The van der Waals surface area contributed by atoms with Crippen LogP contribution >= 0.6 is 11.6 Å². The zero-order valence-electron chi connectivity index (χ0n) is 9.84. The van der Waals surface area contributed by atoms with Crippen LogP contribution in [0.4, 0.5) is 13.2 Å². The third-order valence-electron chi connectivity index (χ3n) is 2.83. The Hall–Kier alpha value is -1.52. The highest BCUT2D eigenvalue weighted by atomic mass is 35.5. The fourth-order valence-corrected chi connectivity index (χ4v) is 2.06. The van der Waals surface area contributed by atoms with Gasteiger partial charge in [-0.2, -0.15) is 0 Å². The van der Waals surface area contributed by atoms with Crippen molar-refractivity contribution in [3.05, 3.63) is 70.0 Å². The van der Waals surface area contributed by atoms with E-state index >= 15 is 0 Å². The summed E-state index contributed by atoms with van der Waals surface area (Å²) in [6.07, 6.45) is 0.166. The zero-order valence-corrected chi connectivity index (χ0v) is 10.6. The average Bonchev–Trinajstić information content (AvgIpc) is 2.34. The first kappa shape index (κ1) is 13.9. The molecule has 2 aromatic rings. The van der Waals surface area contributed by atoms with E-state index in [-0.39, 0.29) is 17.0 Å². The van der Waals surface area contributed by atoms with Crippen LogP contribution in [0.5, 0.6) is 0 Å². The highest BCUT2D eigenvalue weighted by Gasteiger charge is 2.15. The van der Waals surface area contributed by atoms with Crippen LogP contribution < -0.4 is 5.73 Å². The molecule has 0 aliphatic carbocycles. The van der Waals surface area contributed by atoms with Crippen LogP contribution in [0.1, 0.15) is 17.2 Å². The van der Waals surface area contributed by atoms with Gasteiger partial charge < -0.3 is 5.73 Å². The molecule has 0 heterocycles. The Morgan fingerprint density at radius 3 is 2.47 bits per heavy atom. The molecule has 0 radical (unpaired) electrons. The van der Waals surface area contributed by atoms with E-state index in [4.69, 9.17) is 17.3 Å². The van der Waals surface area contributed by atoms with Crippen molar-refractivity contribution in [1.29, 1.82) is 0 Å². The topological polar surface area (TPSA) is 26.0 Å². The van der Waals surface area contributed by atoms with Gasteiger partial charge in [0.1, 0.15) is 17.5 Å². The van der Waals surface area contributed by atoms with Gasteiger partial charge in [0.2, 0.25) is 0 Å². The number of rotatable bonds is 3. The van der Waals surface area contributed by atoms with E-state index in [1.165, 1.54) is 18.2 Å². The molecule has 0 aromatic heterocycles. The van der Waals surface area contributed by atoms with Crippen molar-refractivity contribution in [2.24, 2.45) is 5.73 Å². The van der Waals surface area contributed by atoms with Gasteiger partial charge in [-0.25, -0.2) is 13.2 Å². The van der Waals surface area contributed by atoms with Crippen LogP contribution in [-0.4, -0.2) is 0 Å². The molecule has 5 heteroatoms. The smallest absolute Gasteiger partial charge is 0.142 e. The monoisotopic (exact) mass is 285 g/mol. The second kappa shape index (κ2) is 5.63. The molecule has 2 aromatic carbocycles. The second-order valence-electron chi connectivity index (χ2n) is 4.19. The zero-order chi connectivity index (χ0) is 14.0. The maximum Gasteiger partial charge on any atom is 0.142 e. The summed E-state index contributed by atoms with van der Waals surface area (Å²) in [4.78, 5) is 0. The first-order valence-electron chi connectivity index (χ1n) is 5.62. The predicted octanol–water partition coefficient (Wildman–Crippen LogP) is 4.00. The predicted molar refractivity (Wildman–Crippen MR) is 68.4 cm³/mol. The average molecular weight is 286 g/mol. The van der Waals surface area contributed by atoms with E-state index < -0.39 is 23.5 Å². The number of benzene rings is 2. The highest BCUT2D eigenvalue weighted by Crippen LogP contribution is 2.25. The van der Waals surface area contributed by atoms with Crippen LogP contribution in [0.3, 0.4) is 0 Å². The van der Waals surface area contributed by atoms with E-state index in [9.17, 15) is 13.2 Å². The fraction of sp³-hybridized carbons (Fsp3) is 0.143. The minimum Gasteiger partial charge on any atom is -0.324 e. The van der Waals surface area contributed by atoms with Gasteiger partial charge in [-0.3, -0.25) is 0 Å². The minimum absolute atomic E-state index is 0.0273. The van der Waals surface area contributed by atoms with Crippen molar-refractivity contribution in [3.63, 3.8) is 0 Å². The first-order chi connectivity index (χ1) is 8.99. The Morgan fingerprint density at radius 1 is 1.05 bits per heavy atom. The minimum atomic E-state index is -0.722. The summed E-state index contributed by atoms with van der Waals surface area (Å²) in [6.45, 7) is 0. The van der Waals surface area contributed by atoms with Crippen LogP contribution in [0.2, 0.25) is 5.02 Å². The summed E-state index contributed by atoms with van der Waals surface area (Å²) >= 11 is 5.81. The van der Waals surface area contributed by atoms with Gasteiger partial charge >= 0.3 is 0 Å². The summed E-state index contributed by atoms with van der Waals surface area (Å²) in [6, 6.07) is 6.81. The molecule has 2 rings (SSSR count). The van der Waals surface area contributed by atoms with Crippen LogP contribution in [0.15, 0.2) is 36.4 Å². The lowest BCUT2D eigenvalue weighted by Gasteiger charge is -2.14. The molecule has 1 nitrogen and oxygen atoms in total. The molecule has 0 fully saturated rings. The SMILES string of the molecule is NC(Cc1cccc(F)c1Cl)c1ccc(F)cc1F. The molecule has 0 aliphatic rings. The second-order valence-corrected chi connectivity index (χ2v) is 4.57. The maximum atomic E-state index is 13.6. The first-order valence-corrected chi connectivity index (χ1v) is 6.00. The Labute approximate surface area is 113 Å². The Kier molecular flexibility index (Phi) is 4.12. The summed E-state index contributed by atoms with van der Waals surface area (Å²) in [5.74, 6) is -1.94. The molecule has 100 valence electrons. The van der Waals surface area contributed by atoms with Gasteiger partial charge in [0, 0.05) is 17.7 Å². The van der Waals surface area contributed by atoms with Gasteiger partial charge in [0.25, 0.3) is 0 Å². The van der Waals surface area contributed by atoms with Crippen LogP contribution in [-0.2, 0) is 6.42 Å². The molecule has 0 spiro atoms. The molecule has 0 saturated heterocycles. The maximum absolute atomic E-state index is 13.6. The molecule has 0 aliphatic heterocycles. The van der Waals surface area contributed by atoms with Gasteiger partial charge in [-0.1, -0.05) is 29.8 Å².